The monoisotopic (exact) mass is 487 g/mol. The fourth-order valence-corrected chi connectivity index (χ4v) is 3.96. The van der Waals surface area contributed by atoms with E-state index in [0.717, 1.165) is 9.69 Å². The van der Waals surface area contributed by atoms with Crippen LogP contribution >= 0.6 is 12.2 Å². The molecule has 1 N–H and O–H groups in total. The average Bonchev–Trinajstić information content (AvgIpc) is 2.86. The zero-order chi connectivity index (χ0) is 24.9. The molecule has 0 atom stereocenters. The number of imide groups is 1. The number of H-pyrrole nitrogens is 1. The van der Waals surface area contributed by atoms with E-state index in [2.05, 4.69) is 4.98 Å². The second kappa shape index (κ2) is 10.3. The maximum absolute atomic E-state index is 13.5. The number of methoxy groups -OCH3 is 1. The molecule has 0 aliphatic rings. The third-order valence-electron chi connectivity index (χ3n) is 5.37. The first-order valence-corrected chi connectivity index (χ1v) is 11.1. The Morgan fingerprint density at radius 3 is 1.94 bits per heavy atom. The quantitative estimate of drug-likeness (QED) is 0.331. The summed E-state index contributed by atoms with van der Waals surface area (Å²) in [5.74, 6) is -1.79. The number of benzene rings is 3. The maximum Gasteiger partial charge on any atom is 0.337 e. The Hall–Kier alpha value is -4.37. The molecule has 0 bridgehead atoms. The van der Waals surface area contributed by atoms with E-state index < -0.39 is 23.3 Å². The van der Waals surface area contributed by atoms with Crippen LogP contribution < -0.4 is 10.6 Å². The number of aromatic amines is 1. The summed E-state index contributed by atoms with van der Waals surface area (Å²) in [6.07, 6.45) is -0.218. The minimum absolute atomic E-state index is 0.109. The summed E-state index contributed by atoms with van der Waals surface area (Å²) in [5, 5.41) is 0.950. The van der Waals surface area contributed by atoms with Crippen molar-refractivity contribution < 1.29 is 19.1 Å². The van der Waals surface area contributed by atoms with Gasteiger partial charge in [0.15, 0.2) is 0 Å². The number of hydrogen-bond donors (Lipinski definition) is 1. The molecule has 0 saturated carbocycles. The van der Waals surface area contributed by atoms with Crippen LogP contribution in [0, 0.1) is 4.77 Å². The largest absolute Gasteiger partial charge is 0.465 e. The Morgan fingerprint density at radius 2 is 1.43 bits per heavy atom. The van der Waals surface area contributed by atoms with Crippen molar-refractivity contribution >= 4 is 40.9 Å². The number of rotatable bonds is 6. The molecule has 176 valence electrons. The SMILES string of the molecule is COC(=O)c1ccc2c(=O)n(N(C(=O)Cc3ccccc3)C(=O)Cc3ccccc3)c(=S)[nH]c2c1. The van der Waals surface area contributed by atoms with E-state index in [9.17, 15) is 19.2 Å². The Bertz CT molecular complexity index is 1470. The third kappa shape index (κ3) is 5.10. The van der Waals surface area contributed by atoms with Crippen LogP contribution in [0.5, 0.6) is 0 Å². The van der Waals surface area contributed by atoms with E-state index >= 15 is 0 Å². The number of carbonyl (C=O) groups is 3. The molecule has 0 fully saturated rings. The molecule has 1 aromatic heterocycles. The van der Waals surface area contributed by atoms with Crippen LogP contribution in [0.4, 0.5) is 0 Å². The molecule has 3 aromatic carbocycles. The summed E-state index contributed by atoms with van der Waals surface area (Å²) < 4.78 is 5.45. The molecule has 0 unspecified atom stereocenters. The summed E-state index contributed by atoms with van der Waals surface area (Å²) in [7, 11) is 1.25. The number of aromatic nitrogens is 2. The van der Waals surface area contributed by atoms with Gasteiger partial charge in [-0.15, -0.1) is 0 Å². The van der Waals surface area contributed by atoms with Crippen LogP contribution in [0.2, 0.25) is 0 Å². The highest BCUT2D eigenvalue weighted by Crippen LogP contribution is 2.13. The van der Waals surface area contributed by atoms with Crippen molar-refractivity contribution in [1.82, 2.24) is 9.66 Å². The molecule has 2 amide bonds. The number of fused-ring (bicyclic) bond motifs is 1. The molecule has 35 heavy (non-hydrogen) atoms. The van der Waals surface area contributed by atoms with Crippen LogP contribution in [0.1, 0.15) is 21.5 Å². The lowest BCUT2D eigenvalue weighted by atomic mass is 10.1. The van der Waals surface area contributed by atoms with Gasteiger partial charge in [0.25, 0.3) is 17.4 Å². The van der Waals surface area contributed by atoms with E-state index in [1.165, 1.54) is 25.3 Å². The molecule has 8 nitrogen and oxygen atoms in total. The number of hydrogen-bond acceptors (Lipinski definition) is 6. The summed E-state index contributed by atoms with van der Waals surface area (Å²) in [6, 6.07) is 22.1. The van der Waals surface area contributed by atoms with E-state index in [1.807, 2.05) is 12.1 Å². The highest BCUT2D eigenvalue weighted by atomic mass is 32.1. The van der Waals surface area contributed by atoms with Gasteiger partial charge in [-0.05, 0) is 41.5 Å². The van der Waals surface area contributed by atoms with Crippen LogP contribution in [0.25, 0.3) is 10.9 Å². The normalized spacial score (nSPS) is 10.7. The van der Waals surface area contributed by atoms with Gasteiger partial charge < -0.3 is 9.72 Å². The zero-order valence-corrected chi connectivity index (χ0v) is 19.6. The molecule has 0 spiro atoms. The second-order valence-electron chi connectivity index (χ2n) is 7.72. The summed E-state index contributed by atoms with van der Waals surface area (Å²) in [6.45, 7) is 0. The van der Waals surface area contributed by atoms with Gasteiger partial charge in [-0.1, -0.05) is 60.7 Å². The van der Waals surface area contributed by atoms with Crippen molar-refractivity contribution in [1.29, 1.82) is 0 Å². The van der Waals surface area contributed by atoms with E-state index in [-0.39, 0.29) is 34.1 Å². The topological polar surface area (TPSA) is 101 Å². The molecule has 9 heteroatoms. The Morgan fingerprint density at radius 1 is 0.886 bits per heavy atom. The van der Waals surface area contributed by atoms with Crippen molar-refractivity contribution in [3.8, 4) is 0 Å². The van der Waals surface area contributed by atoms with Gasteiger partial charge >= 0.3 is 5.97 Å². The summed E-state index contributed by atoms with van der Waals surface area (Å²) >= 11 is 5.39. The van der Waals surface area contributed by atoms with Gasteiger partial charge in [0, 0.05) is 0 Å². The predicted molar refractivity (Wildman–Crippen MR) is 133 cm³/mol. The number of ether oxygens (including phenoxy) is 1. The predicted octanol–water partition coefficient (Wildman–Crippen LogP) is 3.32. The van der Waals surface area contributed by atoms with Crippen LogP contribution in [-0.2, 0) is 27.2 Å². The van der Waals surface area contributed by atoms with E-state index in [1.54, 1.807) is 48.5 Å². The number of carbonyl (C=O) groups excluding carboxylic acids is 3. The minimum atomic E-state index is -0.664. The number of nitrogens with one attached hydrogen (secondary N) is 1. The Balaban J connectivity index is 1.82. The van der Waals surface area contributed by atoms with Gasteiger partial charge in [-0.3, -0.25) is 14.4 Å². The molecule has 4 rings (SSSR count). The molecular weight excluding hydrogens is 466 g/mol. The Kier molecular flexibility index (Phi) is 6.98. The summed E-state index contributed by atoms with van der Waals surface area (Å²) in [5.41, 5.74) is 1.20. The highest BCUT2D eigenvalue weighted by molar-refractivity contribution is 7.71. The first-order valence-electron chi connectivity index (χ1n) is 10.7. The first-order chi connectivity index (χ1) is 16.9. The van der Waals surface area contributed by atoms with Gasteiger partial charge in [0.05, 0.1) is 36.4 Å². The smallest absolute Gasteiger partial charge is 0.337 e. The average molecular weight is 488 g/mol. The van der Waals surface area contributed by atoms with E-state index in [4.69, 9.17) is 17.0 Å². The minimum Gasteiger partial charge on any atom is -0.465 e. The van der Waals surface area contributed by atoms with Crippen LogP contribution in [0.15, 0.2) is 83.7 Å². The first kappa shape index (κ1) is 23.8. The highest BCUT2D eigenvalue weighted by Gasteiger charge is 2.27. The van der Waals surface area contributed by atoms with Crippen molar-refractivity contribution in [2.45, 2.75) is 12.8 Å². The van der Waals surface area contributed by atoms with Crippen LogP contribution in [-0.4, -0.2) is 34.6 Å². The number of amides is 2. The van der Waals surface area contributed by atoms with Gasteiger partial charge in [0.1, 0.15) is 0 Å². The van der Waals surface area contributed by atoms with Gasteiger partial charge in [-0.2, -0.15) is 9.69 Å². The molecule has 1 heterocycles. The van der Waals surface area contributed by atoms with Crippen molar-refractivity contribution in [3.63, 3.8) is 0 Å². The fourth-order valence-electron chi connectivity index (χ4n) is 3.69. The fraction of sp³-hybridized carbons (Fsp3) is 0.115. The van der Waals surface area contributed by atoms with Crippen molar-refractivity contribution in [3.05, 3.63) is 111 Å². The summed E-state index contributed by atoms with van der Waals surface area (Å²) in [4.78, 5) is 55.0. The lowest BCUT2D eigenvalue weighted by molar-refractivity contribution is -0.128. The number of nitrogens with zero attached hydrogens (tertiary/aromatic N) is 2. The molecule has 4 aromatic rings. The standard InChI is InChI=1S/C26H21N3O5S/c1-34-25(33)19-12-13-20-21(16-19)27-26(35)29(24(20)32)28(22(30)14-17-8-4-2-5-9-17)23(31)15-18-10-6-3-7-11-18/h2-13,16H,14-15H2,1H3,(H,27,35). The molecule has 0 aliphatic heterocycles. The maximum atomic E-state index is 13.5. The number of esters is 1. The lowest BCUT2D eigenvalue weighted by Crippen LogP contribution is -2.52. The second-order valence-corrected chi connectivity index (χ2v) is 8.11. The third-order valence-corrected chi connectivity index (χ3v) is 5.64. The van der Waals surface area contributed by atoms with Crippen molar-refractivity contribution in [2.75, 3.05) is 12.1 Å². The molecule has 0 saturated heterocycles. The lowest BCUT2D eigenvalue weighted by Gasteiger charge is -2.23. The zero-order valence-electron chi connectivity index (χ0n) is 18.8. The van der Waals surface area contributed by atoms with Gasteiger partial charge in [-0.25, -0.2) is 4.79 Å². The molecule has 0 aliphatic carbocycles. The van der Waals surface area contributed by atoms with Crippen molar-refractivity contribution in [2.24, 2.45) is 0 Å². The molecule has 0 radical (unpaired) electrons. The van der Waals surface area contributed by atoms with Gasteiger partial charge in [0.2, 0.25) is 4.77 Å². The molecular formula is C26H21N3O5S. The van der Waals surface area contributed by atoms with Crippen LogP contribution in [0.3, 0.4) is 0 Å². The Labute approximate surface area is 205 Å². The van der Waals surface area contributed by atoms with E-state index in [0.29, 0.717) is 11.1 Å².